The highest BCUT2D eigenvalue weighted by Gasteiger charge is 2.34. The first-order valence-corrected chi connectivity index (χ1v) is 10.1. The smallest absolute Gasteiger partial charge is 0.309 e. The Kier molecular flexibility index (Phi) is 6.71. The van der Waals surface area contributed by atoms with E-state index in [-0.39, 0.29) is 23.4 Å². The van der Waals surface area contributed by atoms with Crippen LogP contribution < -0.4 is 0 Å². The first kappa shape index (κ1) is 22.8. The van der Waals surface area contributed by atoms with Gasteiger partial charge in [-0.05, 0) is 46.1 Å². The summed E-state index contributed by atoms with van der Waals surface area (Å²) in [6, 6.07) is 0. The van der Waals surface area contributed by atoms with Crippen molar-refractivity contribution in [2.24, 2.45) is 11.3 Å². The first-order chi connectivity index (χ1) is 13.3. The van der Waals surface area contributed by atoms with Crippen LogP contribution in [0, 0.1) is 25.2 Å². The molecule has 1 amide bonds. The number of H-pyrrole nitrogens is 1. The van der Waals surface area contributed by atoms with Crippen molar-refractivity contribution in [1.29, 1.82) is 0 Å². The minimum atomic E-state index is -0.951. The van der Waals surface area contributed by atoms with E-state index in [0.717, 1.165) is 0 Å². The third kappa shape index (κ3) is 4.95. The molecule has 1 fully saturated rings. The lowest BCUT2D eigenvalue weighted by molar-refractivity contribution is -0.155. The molecule has 1 aromatic heterocycles. The van der Waals surface area contributed by atoms with Gasteiger partial charge in [-0.2, -0.15) is 0 Å². The highest BCUT2D eigenvalue weighted by molar-refractivity contribution is 6.05. The number of hydrogen-bond donors (Lipinski definition) is 1. The minimum absolute atomic E-state index is 0.0757. The molecule has 0 unspecified atom stereocenters. The van der Waals surface area contributed by atoms with Crippen LogP contribution in [0.5, 0.6) is 0 Å². The normalized spacial score (nSPS) is 16.4. The molecule has 0 saturated carbocycles. The van der Waals surface area contributed by atoms with Gasteiger partial charge in [-0.1, -0.05) is 20.8 Å². The number of esters is 1. The molecule has 0 bridgehead atoms. The molecule has 2 rings (SSSR count). The van der Waals surface area contributed by atoms with E-state index in [9.17, 15) is 19.2 Å². The Labute approximate surface area is 172 Å². The zero-order valence-electron chi connectivity index (χ0n) is 18.5. The Morgan fingerprint density at radius 2 is 1.66 bits per heavy atom. The Bertz CT molecular complexity index is 823. The van der Waals surface area contributed by atoms with Crippen LogP contribution in [-0.2, 0) is 14.3 Å². The minimum Gasteiger partial charge on any atom is -0.454 e. The zero-order valence-corrected chi connectivity index (χ0v) is 18.5. The topological polar surface area (TPSA) is 96.5 Å². The fourth-order valence-corrected chi connectivity index (χ4v) is 3.84. The van der Waals surface area contributed by atoms with Crippen molar-refractivity contribution in [2.45, 2.75) is 67.4 Å². The van der Waals surface area contributed by atoms with Gasteiger partial charge in [0.15, 0.2) is 11.9 Å². The SMILES string of the molecule is CC(=O)c1c(C)[nH]c(C(=O)[C@H](C)OC(=O)C2CCN(C(=O)C(C)(C)C)CC2)c1C. The number of nitrogens with one attached hydrogen (secondary N) is 1. The van der Waals surface area contributed by atoms with E-state index in [1.807, 2.05) is 20.8 Å². The van der Waals surface area contributed by atoms with E-state index in [1.165, 1.54) is 6.92 Å². The van der Waals surface area contributed by atoms with Crippen LogP contribution >= 0.6 is 0 Å². The van der Waals surface area contributed by atoms with Gasteiger partial charge in [0.05, 0.1) is 11.6 Å². The molecular weight excluding hydrogens is 372 g/mol. The van der Waals surface area contributed by atoms with E-state index < -0.39 is 17.5 Å². The lowest BCUT2D eigenvalue weighted by Crippen LogP contribution is -2.45. The van der Waals surface area contributed by atoms with Crippen molar-refractivity contribution in [1.82, 2.24) is 9.88 Å². The van der Waals surface area contributed by atoms with Crippen molar-refractivity contribution in [3.63, 3.8) is 0 Å². The standard InChI is InChI=1S/C22H32N2O5/c1-12-17(14(3)25)13(2)23-18(12)19(26)15(4)29-20(27)16-8-10-24(11-9-16)21(28)22(5,6)7/h15-16,23H,8-11H2,1-7H3/t15-/m0/s1. The number of rotatable bonds is 5. The monoisotopic (exact) mass is 404 g/mol. The fourth-order valence-electron chi connectivity index (χ4n) is 3.84. The van der Waals surface area contributed by atoms with E-state index in [4.69, 9.17) is 4.74 Å². The second-order valence-electron chi connectivity index (χ2n) is 8.94. The molecule has 1 aliphatic heterocycles. The summed E-state index contributed by atoms with van der Waals surface area (Å²) in [7, 11) is 0. The van der Waals surface area contributed by atoms with Crippen LogP contribution in [0.4, 0.5) is 0 Å². The van der Waals surface area contributed by atoms with Gasteiger partial charge >= 0.3 is 5.97 Å². The van der Waals surface area contributed by atoms with Gasteiger partial charge in [0.2, 0.25) is 11.7 Å². The van der Waals surface area contributed by atoms with Crippen LogP contribution in [0.25, 0.3) is 0 Å². The van der Waals surface area contributed by atoms with Crippen molar-refractivity contribution < 1.29 is 23.9 Å². The maximum atomic E-state index is 12.8. The number of aryl methyl sites for hydroxylation is 1. The summed E-state index contributed by atoms with van der Waals surface area (Å²) in [6.45, 7) is 13.1. The maximum absolute atomic E-state index is 12.8. The molecule has 1 N–H and O–H groups in total. The number of carbonyl (C=O) groups excluding carboxylic acids is 4. The van der Waals surface area contributed by atoms with Crippen LogP contribution in [0.15, 0.2) is 0 Å². The van der Waals surface area contributed by atoms with E-state index >= 15 is 0 Å². The number of amides is 1. The number of Topliss-reactive ketones (excluding diaryl/α,β-unsaturated/α-hetero) is 2. The fraction of sp³-hybridized carbons (Fsp3) is 0.636. The Balaban J connectivity index is 1.98. The number of nitrogens with zero attached hydrogens (tertiary/aromatic N) is 1. The highest BCUT2D eigenvalue weighted by atomic mass is 16.5. The molecule has 1 atom stereocenters. The second-order valence-corrected chi connectivity index (χ2v) is 8.94. The number of hydrogen-bond acceptors (Lipinski definition) is 5. The molecule has 0 spiro atoms. The third-order valence-electron chi connectivity index (χ3n) is 5.46. The van der Waals surface area contributed by atoms with E-state index in [2.05, 4.69) is 4.98 Å². The summed E-state index contributed by atoms with van der Waals surface area (Å²) < 4.78 is 5.44. The number of ketones is 2. The molecule has 0 aromatic carbocycles. The number of aromatic amines is 1. The Morgan fingerprint density at radius 1 is 1.10 bits per heavy atom. The third-order valence-corrected chi connectivity index (χ3v) is 5.46. The lowest BCUT2D eigenvalue weighted by atomic mass is 9.91. The summed E-state index contributed by atoms with van der Waals surface area (Å²) >= 11 is 0. The van der Waals surface area contributed by atoms with E-state index in [0.29, 0.717) is 48.4 Å². The molecule has 0 radical (unpaired) electrons. The Morgan fingerprint density at radius 3 is 2.10 bits per heavy atom. The molecule has 2 heterocycles. The maximum Gasteiger partial charge on any atom is 0.309 e. The predicted molar refractivity (Wildman–Crippen MR) is 109 cm³/mol. The number of aromatic nitrogens is 1. The highest BCUT2D eigenvalue weighted by Crippen LogP contribution is 2.25. The van der Waals surface area contributed by atoms with Gasteiger partial charge in [0.1, 0.15) is 0 Å². The molecule has 1 saturated heterocycles. The van der Waals surface area contributed by atoms with Gasteiger partial charge < -0.3 is 14.6 Å². The van der Waals surface area contributed by atoms with Crippen LogP contribution in [-0.4, -0.2) is 52.5 Å². The first-order valence-electron chi connectivity index (χ1n) is 10.1. The molecular formula is C22H32N2O5. The summed E-state index contributed by atoms with van der Waals surface area (Å²) in [5.41, 5.74) is 1.57. The van der Waals surface area contributed by atoms with Crippen LogP contribution in [0.2, 0.25) is 0 Å². The number of carbonyl (C=O) groups is 4. The molecule has 7 heteroatoms. The number of likely N-dealkylation sites (tertiary alicyclic amines) is 1. The molecule has 1 aromatic rings. The summed E-state index contributed by atoms with van der Waals surface area (Å²) in [5.74, 6) is -1.13. The molecule has 29 heavy (non-hydrogen) atoms. The average molecular weight is 405 g/mol. The second kappa shape index (κ2) is 8.51. The number of piperidine rings is 1. The van der Waals surface area contributed by atoms with Gasteiger partial charge in [-0.15, -0.1) is 0 Å². The van der Waals surface area contributed by atoms with Gasteiger partial charge in [-0.25, -0.2) is 0 Å². The molecule has 0 aliphatic carbocycles. The van der Waals surface area contributed by atoms with Crippen molar-refractivity contribution in [3.8, 4) is 0 Å². The quantitative estimate of drug-likeness (QED) is 0.600. The van der Waals surface area contributed by atoms with Crippen molar-refractivity contribution in [2.75, 3.05) is 13.1 Å². The number of ether oxygens (including phenoxy) is 1. The lowest BCUT2D eigenvalue weighted by Gasteiger charge is -2.35. The summed E-state index contributed by atoms with van der Waals surface area (Å²) in [4.78, 5) is 54.2. The molecule has 7 nitrogen and oxygen atoms in total. The van der Waals surface area contributed by atoms with Crippen LogP contribution in [0.3, 0.4) is 0 Å². The van der Waals surface area contributed by atoms with Crippen molar-refractivity contribution >= 4 is 23.4 Å². The van der Waals surface area contributed by atoms with Crippen LogP contribution in [0.1, 0.15) is 79.6 Å². The zero-order chi connectivity index (χ0) is 22.1. The largest absolute Gasteiger partial charge is 0.454 e. The molecule has 160 valence electrons. The van der Waals surface area contributed by atoms with E-state index in [1.54, 1.807) is 25.7 Å². The predicted octanol–water partition coefficient (Wildman–Crippen LogP) is 3.23. The summed E-state index contributed by atoms with van der Waals surface area (Å²) in [6.07, 6.45) is 0.0983. The average Bonchev–Trinajstić information content (AvgIpc) is 2.93. The van der Waals surface area contributed by atoms with Gasteiger partial charge in [-0.3, -0.25) is 19.2 Å². The van der Waals surface area contributed by atoms with Crippen molar-refractivity contribution in [3.05, 3.63) is 22.5 Å². The summed E-state index contributed by atoms with van der Waals surface area (Å²) in [5, 5.41) is 0. The van der Waals surface area contributed by atoms with Gasteiger partial charge in [0, 0.05) is 29.8 Å². The molecule has 1 aliphatic rings. The Hall–Kier alpha value is -2.44. The van der Waals surface area contributed by atoms with Gasteiger partial charge in [0.25, 0.3) is 0 Å².